The standard InChI is InChI=1S/C19H19N3O4S/c1-10-12(3)27-17(16(10)19(25)26-4)20-15(23)9-22-18(24)14-8-6-5-7-13(14)11(2)21-22/h5-8H,9H2,1-4H3,(H,20,23). The molecule has 27 heavy (non-hydrogen) atoms. The molecule has 0 saturated carbocycles. The number of benzene rings is 1. The van der Waals surface area contributed by atoms with Crippen LogP contribution < -0.4 is 10.9 Å². The van der Waals surface area contributed by atoms with Gasteiger partial charge in [0, 0.05) is 10.3 Å². The monoisotopic (exact) mass is 385 g/mol. The first-order chi connectivity index (χ1) is 12.8. The Morgan fingerprint density at radius 3 is 2.52 bits per heavy atom. The van der Waals surface area contributed by atoms with Crippen LogP contribution in [0.5, 0.6) is 0 Å². The molecule has 0 unspecified atom stereocenters. The van der Waals surface area contributed by atoms with Crippen LogP contribution in [0.25, 0.3) is 10.8 Å². The molecule has 7 nitrogen and oxygen atoms in total. The van der Waals surface area contributed by atoms with Crippen LogP contribution in [0.2, 0.25) is 0 Å². The van der Waals surface area contributed by atoms with Crippen LogP contribution in [0.3, 0.4) is 0 Å². The Labute approximate surface area is 159 Å². The number of anilines is 1. The summed E-state index contributed by atoms with van der Waals surface area (Å²) in [4.78, 5) is 38.0. The van der Waals surface area contributed by atoms with Gasteiger partial charge in [-0.2, -0.15) is 5.10 Å². The van der Waals surface area contributed by atoms with E-state index in [4.69, 9.17) is 4.74 Å². The summed E-state index contributed by atoms with van der Waals surface area (Å²) in [6, 6.07) is 7.14. The maximum absolute atomic E-state index is 12.6. The third kappa shape index (κ3) is 3.48. The summed E-state index contributed by atoms with van der Waals surface area (Å²) in [5.74, 6) is -0.949. The molecule has 2 heterocycles. The van der Waals surface area contributed by atoms with Crippen molar-refractivity contribution in [2.45, 2.75) is 27.3 Å². The number of carbonyl (C=O) groups excluding carboxylic acids is 2. The molecular weight excluding hydrogens is 366 g/mol. The maximum Gasteiger partial charge on any atom is 0.341 e. The molecular formula is C19H19N3O4S. The van der Waals surface area contributed by atoms with Crippen LogP contribution in [-0.2, 0) is 16.1 Å². The number of aromatic nitrogens is 2. The molecule has 0 fully saturated rings. The Morgan fingerprint density at radius 1 is 1.19 bits per heavy atom. The van der Waals surface area contributed by atoms with Crippen LogP contribution >= 0.6 is 11.3 Å². The van der Waals surface area contributed by atoms with E-state index in [0.29, 0.717) is 21.6 Å². The third-order valence-electron chi connectivity index (χ3n) is 4.37. The van der Waals surface area contributed by atoms with E-state index >= 15 is 0 Å². The van der Waals surface area contributed by atoms with Gasteiger partial charge in [-0.05, 0) is 32.4 Å². The minimum absolute atomic E-state index is 0.249. The molecule has 0 aliphatic rings. The first-order valence-electron chi connectivity index (χ1n) is 8.28. The quantitative estimate of drug-likeness (QED) is 0.698. The average molecular weight is 385 g/mol. The summed E-state index contributed by atoms with van der Waals surface area (Å²) in [6.45, 7) is 5.20. The van der Waals surface area contributed by atoms with Gasteiger partial charge >= 0.3 is 5.97 Å². The summed E-state index contributed by atoms with van der Waals surface area (Å²) in [5, 5.41) is 8.62. The Bertz CT molecular complexity index is 1110. The van der Waals surface area contributed by atoms with E-state index in [9.17, 15) is 14.4 Å². The predicted molar refractivity (Wildman–Crippen MR) is 105 cm³/mol. The van der Waals surface area contributed by atoms with E-state index in [1.807, 2.05) is 19.1 Å². The molecule has 1 amide bonds. The summed E-state index contributed by atoms with van der Waals surface area (Å²) in [6.07, 6.45) is 0. The number of aryl methyl sites for hydroxylation is 2. The smallest absolute Gasteiger partial charge is 0.341 e. The first kappa shape index (κ1) is 18.8. The second kappa shape index (κ2) is 7.32. The molecule has 0 spiro atoms. The van der Waals surface area contributed by atoms with Crippen molar-refractivity contribution in [3.05, 3.63) is 56.3 Å². The number of fused-ring (bicyclic) bond motifs is 1. The second-order valence-corrected chi connectivity index (χ2v) is 7.35. The van der Waals surface area contributed by atoms with Crippen molar-refractivity contribution in [3.8, 4) is 0 Å². The number of esters is 1. The van der Waals surface area contributed by atoms with Gasteiger partial charge in [0.2, 0.25) is 5.91 Å². The van der Waals surface area contributed by atoms with E-state index in [1.165, 1.54) is 18.4 Å². The van der Waals surface area contributed by atoms with Gasteiger partial charge in [-0.3, -0.25) is 9.59 Å². The highest BCUT2D eigenvalue weighted by Gasteiger charge is 2.22. The fourth-order valence-corrected chi connectivity index (χ4v) is 3.94. The van der Waals surface area contributed by atoms with Gasteiger partial charge in [-0.15, -0.1) is 11.3 Å². The van der Waals surface area contributed by atoms with Gasteiger partial charge in [0.1, 0.15) is 11.5 Å². The Hall–Kier alpha value is -3.00. The molecule has 8 heteroatoms. The molecule has 1 N–H and O–H groups in total. The lowest BCUT2D eigenvalue weighted by atomic mass is 10.1. The number of carbonyl (C=O) groups is 2. The van der Waals surface area contributed by atoms with E-state index in [0.717, 1.165) is 20.5 Å². The van der Waals surface area contributed by atoms with Gasteiger partial charge in [0.15, 0.2) is 0 Å². The number of hydrogen-bond acceptors (Lipinski definition) is 6. The maximum atomic E-state index is 12.6. The largest absolute Gasteiger partial charge is 0.465 e. The second-order valence-electron chi connectivity index (χ2n) is 6.12. The zero-order valence-electron chi connectivity index (χ0n) is 15.5. The highest BCUT2D eigenvalue weighted by atomic mass is 32.1. The molecule has 3 aromatic rings. The fourth-order valence-electron chi connectivity index (χ4n) is 2.88. The zero-order valence-corrected chi connectivity index (χ0v) is 16.3. The molecule has 1 aromatic carbocycles. The van der Waals surface area contributed by atoms with Gasteiger partial charge in [-0.1, -0.05) is 18.2 Å². The fraction of sp³-hybridized carbons (Fsp3) is 0.263. The number of hydrogen-bond donors (Lipinski definition) is 1. The van der Waals surface area contributed by atoms with Crippen molar-refractivity contribution < 1.29 is 14.3 Å². The van der Waals surface area contributed by atoms with Crippen molar-refractivity contribution in [1.82, 2.24) is 9.78 Å². The van der Waals surface area contributed by atoms with Crippen LogP contribution in [-0.4, -0.2) is 28.8 Å². The van der Waals surface area contributed by atoms with Crippen molar-refractivity contribution in [2.75, 3.05) is 12.4 Å². The number of rotatable bonds is 4. The normalized spacial score (nSPS) is 10.8. The Balaban J connectivity index is 1.91. The minimum Gasteiger partial charge on any atom is -0.465 e. The summed E-state index contributed by atoms with van der Waals surface area (Å²) in [7, 11) is 1.29. The zero-order chi connectivity index (χ0) is 19.7. The number of ether oxygens (including phenoxy) is 1. The van der Waals surface area contributed by atoms with E-state index in [1.54, 1.807) is 26.0 Å². The van der Waals surface area contributed by atoms with Crippen molar-refractivity contribution in [3.63, 3.8) is 0 Å². The molecule has 0 atom stereocenters. The summed E-state index contributed by atoms with van der Waals surface area (Å²) < 4.78 is 5.94. The average Bonchev–Trinajstić information content (AvgIpc) is 2.92. The SMILES string of the molecule is COC(=O)c1c(NC(=O)Cn2nc(C)c3ccccc3c2=O)sc(C)c1C. The van der Waals surface area contributed by atoms with Gasteiger partial charge in [0.05, 0.1) is 23.8 Å². The lowest BCUT2D eigenvalue weighted by Gasteiger charge is -2.09. The third-order valence-corrected chi connectivity index (χ3v) is 5.50. The molecule has 2 aromatic heterocycles. The molecule has 0 aliphatic carbocycles. The van der Waals surface area contributed by atoms with E-state index < -0.39 is 11.9 Å². The number of nitrogens with one attached hydrogen (secondary N) is 1. The van der Waals surface area contributed by atoms with Crippen LogP contribution in [0, 0.1) is 20.8 Å². The predicted octanol–water partition coefficient (Wildman–Crippen LogP) is 2.81. The van der Waals surface area contributed by atoms with Gasteiger partial charge < -0.3 is 10.1 Å². The number of thiophene rings is 1. The number of amides is 1. The Morgan fingerprint density at radius 2 is 1.85 bits per heavy atom. The van der Waals surface area contributed by atoms with Gasteiger partial charge in [0.25, 0.3) is 5.56 Å². The number of methoxy groups -OCH3 is 1. The molecule has 140 valence electrons. The molecule has 0 bridgehead atoms. The topological polar surface area (TPSA) is 90.3 Å². The lowest BCUT2D eigenvalue weighted by Crippen LogP contribution is -2.30. The lowest BCUT2D eigenvalue weighted by molar-refractivity contribution is -0.116. The highest BCUT2D eigenvalue weighted by Crippen LogP contribution is 2.32. The molecule has 3 rings (SSSR count). The summed E-state index contributed by atoms with van der Waals surface area (Å²) in [5.41, 5.74) is 1.43. The summed E-state index contributed by atoms with van der Waals surface area (Å²) >= 11 is 1.29. The van der Waals surface area contributed by atoms with Crippen molar-refractivity contribution >= 4 is 39.0 Å². The van der Waals surface area contributed by atoms with Crippen LogP contribution in [0.1, 0.15) is 26.5 Å². The highest BCUT2D eigenvalue weighted by molar-refractivity contribution is 7.16. The van der Waals surface area contributed by atoms with Crippen LogP contribution in [0.4, 0.5) is 5.00 Å². The van der Waals surface area contributed by atoms with E-state index in [2.05, 4.69) is 10.4 Å². The van der Waals surface area contributed by atoms with Gasteiger partial charge in [-0.25, -0.2) is 9.48 Å². The van der Waals surface area contributed by atoms with Crippen molar-refractivity contribution in [1.29, 1.82) is 0 Å². The molecule has 0 radical (unpaired) electrons. The first-order valence-corrected chi connectivity index (χ1v) is 9.09. The Kier molecular flexibility index (Phi) is 5.09. The minimum atomic E-state index is -0.510. The molecule has 0 aliphatic heterocycles. The number of nitrogens with zero attached hydrogens (tertiary/aromatic N) is 2. The van der Waals surface area contributed by atoms with Crippen LogP contribution in [0.15, 0.2) is 29.1 Å². The van der Waals surface area contributed by atoms with Crippen molar-refractivity contribution in [2.24, 2.45) is 0 Å². The van der Waals surface area contributed by atoms with E-state index in [-0.39, 0.29) is 12.1 Å². The molecule has 0 saturated heterocycles.